The van der Waals surface area contributed by atoms with Gasteiger partial charge >= 0.3 is 0 Å². The van der Waals surface area contributed by atoms with Gasteiger partial charge in [-0.05, 0) is 56.6 Å². The lowest BCUT2D eigenvalue weighted by Gasteiger charge is -2.20. The van der Waals surface area contributed by atoms with Crippen LogP contribution in [0.3, 0.4) is 0 Å². The molecule has 1 aromatic rings. The van der Waals surface area contributed by atoms with Crippen molar-refractivity contribution >= 4 is 0 Å². The van der Waals surface area contributed by atoms with Gasteiger partial charge in [0.05, 0.1) is 7.11 Å². The number of ether oxygens (including phenoxy) is 2. The van der Waals surface area contributed by atoms with Gasteiger partial charge in [-0.25, -0.2) is 0 Å². The molecule has 1 saturated heterocycles. The second-order valence-electron chi connectivity index (χ2n) is 6.14. The first-order chi connectivity index (χ1) is 10.6. The molecule has 1 heterocycles. The molecule has 0 bridgehead atoms. The molecule has 1 unspecified atom stereocenters. The Hall–Kier alpha value is -1.52. The molecule has 2 rings (SSSR count). The molecular weight excluding hydrogens is 276 g/mol. The standard InChI is InChI=1S/C18H28N2O2/c1-14(2)13-22-18-10-15(7-8-17(18)21-4)11-19-12-16-6-5-9-20(16)3/h7-8,10,16,19H,1,5-6,9,11-13H2,2-4H3. The van der Waals surface area contributed by atoms with Crippen molar-refractivity contribution in [2.24, 2.45) is 0 Å². The van der Waals surface area contributed by atoms with E-state index < -0.39 is 0 Å². The van der Waals surface area contributed by atoms with Crippen LogP contribution >= 0.6 is 0 Å². The molecule has 22 heavy (non-hydrogen) atoms. The fourth-order valence-corrected chi connectivity index (χ4v) is 2.77. The predicted octanol–water partition coefficient (Wildman–Crippen LogP) is 2.83. The summed E-state index contributed by atoms with van der Waals surface area (Å²) in [4.78, 5) is 2.43. The molecule has 1 aromatic carbocycles. The van der Waals surface area contributed by atoms with E-state index in [1.165, 1.54) is 24.9 Å². The maximum absolute atomic E-state index is 5.77. The van der Waals surface area contributed by atoms with Crippen LogP contribution in [0.5, 0.6) is 11.5 Å². The highest BCUT2D eigenvalue weighted by molar-refractivity contribution is 5.43. The van der Waals surface area contributed by atoms with Gasteiger partial charge in [0.1, 0.15) is 6.61 Å². The number of rotatable bonds is 8. The Morgan fingerprint density at radius 3 is 2.86 bits per heavy atom. The van der Waals surface area contributed by atoms with Gasteiger partial charge in [0.25, 0.3) is 0 Å². The number of hydrogen-bond donors (Lipinski definition) is 1. The summed E-state index contributed by atoms with van der Waals surface area (Å²) in [7, 11) is 3.87. The first kappa shape index (κ1) is 16.8. The third-order valence-corrected chi connectivity index (χ3v) is 4.08. The summed E-state index contributed by atoms with van der Waals surface area (Å²) < 4.78 is 11.1. The van der Waals surface area contributed by atoms with Gasteiger partial charge in [-0.15, -0.1) is 0 Å². The molecular formula is C18H28N2O2. The average Bonchev–Trinajstić information content (AvgIpc) is 2.90. The van der Waals surface area contributed by atoms with Crippen molar-refractivity contribution in [2.75, 3.05) is 33.9 Å². The van der Waals surface area contributed by atoms with Crippen molar-refractivity contribution in [1.82, 2.24) is 10.2 Å². The zero-order valence-corrected chi connectivity index (χ0v) is 14.0. The second kappa shape index (κ2) is 8.20. The number of likely N-dealkylation sites (tertiary alicyclic amines) is 1. The van der Waals surface area contributed by atoms with Crippen molar-refractivity contribution < 1.29 is 9.47 Å². The van der Waals surface area contributed by atoms with E-state index in [0.717, 1.165) is 30.2 Å². The lowest BCUT2D eigenvalue weighted by Crippen LogP contribution is -2.35. The van der Waals surface area contributed by atoms with Gasteiger partial charge in [-0.2, -0.15) is 0 Å². The van der Waals surface area contributed by atoms with Gasteiger partial charge in [0, 0.05) is 19.1 Å². The van der Waals surface area contributed by atoms with E-state index >= 15 is 0 Å². The van der Waals surface area contributed by atoms with Gasteiger partial charge in [-0.1, -0.05) is 12.6 Å². The van der Waals surface area contributed by atoms with E-state index in [2.05, 4.69) is 29.9 Å². The first-order valence-electron chi connectivity index (χ1n) is 7.95. The molecule has 4 heteroatoms. The summed E-state index contributed by atoms with van der Waals surface area (Å²) in [6.45, 7) is 9.43. The van der Waals surface area contributed by atoms with Crippen LogP contribution < -0.4 is 14.8 Å². The van der Waals surface area contributed by atoms with Gasteiger partial charge in [-0.3, -0.25) is 0 Å². The van der Waals surface area contributed by atoms with Crippen LogP contribution in [0, 0.1) is 0 Å². The Morgan fingerprint density at radius 1 is 1.41 bits per heavy atom. The van der Waals surface area contributed by atoms with E-state index in [0.29, 0.717) is 12.6 Å². The maximum Gasteiger partial charge on any atom is 0.161 e. The molecule has 0 spiro atoms. The smallest absolute Gasteiger partial charge is 0.161 e. The molecule has 0 saturated carbocycles. The molecule has 1 atom stereocenters. The van der Waals surface area contributed by atoms with Gasteiger partial charge in [0.2, 0.25) is 0 Å². The van der Waals surface area contributed by atoms with Crippen molar-refractivity contribution in [2.45, 2.75) is 32.4 Å². The molecule has 4 nitrogen and oxygen atoms in total. The molecule has 122 valence electrons. The molecule has 1 aliphatic rings. The molecule has 0 aromatic heterocycles. The number of hydrogen-bond acceptors (Lipinski definition) is 4. The summed E-state index contributed by atoms with van der Waals surface area (Å²) in [5.41, 5.74) is 2.20. The lowest BCUT2D eigenvalue weighted by molar-refractivity contribution is 0.300. The second-order valence-corrected chi connectivity index (χ2v) is 6.14. The predicted molar refractivity (Wildman–Crippen MR) is 90.7 cm³/mol. The normalized spacial score (nSPS) is 18.4. The maximum atomic E-state index is 5.77. The minimum Gasteiger partial charge on any atom is -0.493 e. The number of likely N-dealkylation sites (N-methyl/N-ethyl adjacent to an activating group) is 1. The largest absolute Gasteiger partial charge is 0.493 e. The third-order valence-electron chi connectivity index (χ3n) is 4.08. The van der Waals surface area contributed by atoms with Crippen LogP contribution in [-0.2, 0) is 6.54 Å². The fourth-order valence-electron chi connectivity index (χ4n) is 2.77. The van der Waals surface area contributed by atoms with Crippen molar-refractivity contribution in [3.8, 4) is 11.5 Å². The van der Waals surface area contributed by atoms with E-state index in [1.807, 2.05) is 19.1 Å². The highest BCUT2D eigenvalue weighted by atomic mass is 16.5. The van der Waals surface area contributed by atoms with Crippen LogP contribution in [0.25, 0.3) is 0 Å². The van der Waals surface area contributed by atoms with Crippen LogP contribution in [0.4, 0.5) is 0 Å². The Bertz CT molecular complexity index is 502. The van der Waals surface area contributed by atoms with Gasteiger partial charge < -0.3 is 19.7 Å². The monoisotopic (exact) mass is 304 g/mol. The Balaban J connectivity index is 1.90. The van der Waals surface area contributed by atoms with Crippen LogP contribution in [0.15, 0.2) is 30.4 Å². The summed E-state index contributed by atoms with van der Waals surface area (Å²) in [6.07, 6.45) is 2.60. The van der Waals surface area contributed by atoms with Crippen LogP contribution in [0.2, 0.25) is 0 Å². The molecule has 1 fully saturated rings. The van der Waals surface area contributed by atoms with E-state index in [4.69, 9.17) is 9.47 Å². The quantitative estimate of drug-likeness (QED) is 0.749. The van der Waals surface area contributed by atoms with Crippen molar-refractivity contribution in [3.05, 3.63) is 35.9 Å². The minimum atomic E-state index is 0.514. The highest BCUT2D eigenvalue weighted by Crippen LogP contribution is 2.28. The number of benzene rings is 1. The Kier molecular flexibility index (Phi) is 6.28. The first-order valence-corrected chi connectivity index (χ1v) is 7.95. The number of nitrogens with one attached hydrogen (secondary N) is 1. The number of methoxy groups -OCH3 is 1. The third kappa shape index (κ3) is 4.75. The molecule has 1 N–H and O–H groups in total. The summed E-state index contributed by atoms with van der Waals surface area (Å²) in [6, 6.07) is 6.76. The zero-order chi connectivity index (χ0) is 15.9. The van der Waals surface area contributed by atoms with Crippen molar-refractivity contribution in [3.63, 3.8) is 0 Å². The topological polar surface area (TPSA) is 33.7 Å². The summed E-state index contributed by atoms with van der Waals surface area (Å²) >= 11 is 0. The number of nitrogens with zero attached hydrogens (tertiary/aromatic N) is 1. The highest BCUT2D eigenvalue weighted by Gasteiger charge is 2.19. The van der Waals surface area contributed by atoms with Crippen LogP contribution in [-0.4, -0.2) is 44.8 Å². The molecule has 0 amide bonds. The van der Waals surface area contributed by atoms with E-state index in [9.17, 15) is 0 Å². The average molecular weight is 304 g/mol. The zero-order valence-electron chi connectivity index (χ0n) is 14.0. The SMILES string of the molecule is C=C(C)COc1cc(CNCC2CCCN2C)ccc1OC. The van der Waals surface area contributed by atoms with Crippen LogP contribution in [0.1, 0.15) is 25.3 Å². The lowest BCUT2D eigenvalue weighted by atomic mass is 10.2. The fraction of sp³-hybridized carbons (Fsp3) is 0.556. The van der Waals surface area contributed by atoms with E-state index in [-0.39, 0.29) is 0 Å². The minimum absolute atomic E-state index is 0.514. The molecule has 1 aliphatic heterocycles. The summed E-state index contributed by atoms with van der Waals surface area (Å²) in [5.74, 6) is 1.54. The van der Waals surface area contributed by atoms with E-state index in [1.54, 1.807) is 7.11 Å². The van der Waals surface area contributed by atoms with Gasteiger partial charge in [0.15, 0.2) is 11.5 Å². The Morgan fingerprint density at radius 2 is 2.23 bits per heavy atom. The summed E-state index contributed by atoms with van der Waals surface area (Å²) in [5, 5.41) is 3.55. The molecule has 0 aliphatic carbocycles. The molecule has 0 radical (unpaired) electrons. The van der Waals surface area contributed by atoms with Crippen molar-refractivity contribution in [1.29, 1.82) is 0 Å². The Labute approximate surface area is 134 Å².